The van der Waals surface area contributed by atoms with Crippen molar-refractivity contribution in [1.29, 1.82) is 0 Å². The number of nitrogens with zero attached hydrogens (tertiary/aromatic N) is 2. The number of pyridine rings is 1. The van der Waals surface area contributed by atoms with E-state index >= 15 is 0 Å². The Bertz CT molecular complexity index is 414. The zero-order valence-corrected chi connectivity index (χ0v) is 12.1. The van der Waals surface area contributed by atoms with Crippen molar-refractivity contribution in [2.24, 2.45) is 5.92 Å². The first-order chi connectivity index (χ1) is 9.11. The molecular weight excluding hydrogens is 241 g/mol. The van der Waals surface area contributed by atoms with Crippen LogP contribution in [0.3, 0.4) is 0 Å². The molecule has 19 heavy (non-hydrogen) atoms. The second-order valence-corrected chi connectivity index (χ2v) is 5.69. The van der Waals surface area contributed by atoms with Crippen LogP contribution >= 0.6 is 0 Å². The molecule has 0 bridgehead atoms. The zero-order chi connectivity index (χ0) is 13.8. The van der Waals surface area contributed by atoms with Crippen molar-refractivity contribution in [1.82, 2.24) is 10.3 Å². The molecule has 3 nitrogen and oxygen atoms in total. The molecule has 0 aliphatic heterocycles. The summed E-state index contributed by atoms with van der Waals surface area (Å²) in [7, 11) is 3.96. The van der Waals surface area contributed by atoms with Crippen LogP contribution in [0, 0.1) is 11.7 Å². The highest BCUT2D eigenvalue weighted by Crippen LogP contribution is 2.30. The summed E-state index contributed by atoms with van der Waals surface area (Å²) >= 11 is 0. The van der Waals surface area contributed by atoms with Gasteiger partial charge in [0.05, 0.1) is 6.20 Å². The lowest BCUT2D eigenvalue weighted by molar-refractivity contribution is 0.339. The SMILES string of the molecule is CNCc1cc(F)cnc1N(C)C1CCC(C)CC1. The van der Waals surface area contributed by atoms with Crippen molar-refractivity contribution in [3.8, 4) is 0 Å². The van der Waals surface area contributed by atoms with Gasteiger partial charge in [0.2, 0.25) is 0 Å². The molecule has 1 aromatic heterocycles. The van der Waals surface area contributed by atoms with Gasteiger partial charge in [0.1, 0.15) is 11.6 Å². The lowest BCUT2D eigenvalue weighted by atomic mass is 9.86. The van der Waals surface area contributed by atoms with Crippen LogP contribution < -0.4 is 10.2 Å². The van der Waals surface area contributed by atoms with E-state index in [0.29, 0.717) is 12.6 Å². The Morgan fingerprint density at radius 2 is 2.05 bits per heavy atom. The van der Waals surface area contributed by atoms with Crippen molar-refractivity contribution in [2.45, 2.75) is 45.2 Å². The van der Waals surface area contributed by atoms with Crippen LogP contribution in [0.15, 0.2) is 12.3 Å². The summed E-state index contributed by atoms with van der Waals surface area (Å²) in [6.07, 6.45) is 6.27. The molecule has 1 fully saturated rings. The van der Waals surface area contributed by atoms with E-state index in [-0.39, 0.29) is 5.82 Å². The largest absolute Gasteiger partial charge is 0.356 e. The average Bonchev–Trinajstić information content (AvgIpc) is 2.39. The molecule has 1 N–H and O–H groups in total. The molecular formula is C15H24FN3. The maximum absolute atomic E-state index is 13.3. The first-order valence-corrected chi connectivity index (χ1v) is 7.13. The van der Waals surface area contributed by atoms with Gasteiger partial charge in [-0.15, -0.1) is 0 Å². The van der Waals surface area contributed by atoms with Gasteiger partial charge < -0.3 is 10.2 Å². The molecule has 2 rings (SSSR count). The van der Waals surface area contributed by atoms with Crippen LogP contribution in [0.4, 0.5) is 10.2 Å². The van der Waals surface area contributed by atoms with E-state index in [0.717, 1.165) is 17.3 Å². The molecule has 4 heteroatoms. The predicted octanol–water partition coefficient (Wildman–Crippen LogP) is 2.96. The molecule has 1 aliphatic rings. The molecule has 0 saturated heterocycles. The molecule has 0 radical (unpaired) electrons. The number of anilines is 1. The quantitative estimate of drug-likeness (QED) is 0.907. The number of halogens is 1. The molecule has 1 heterocycles. The lowest BCUT2D eigenvalue weighted by Crippen LogP contribution is -2.36. The molecule has 0 atom stereocenters. The number of rotatable bonds is 4. The molecule has 1 aliphatic carbocycles. The molecule has 0 unspecified atom stereocenters. The number of hydrogen-bond donors (Lipinski definition) is 1. The fourth-order valence-electron chi connectivity index (χ4n) is 2.91. The third-order valence-electron chi connectivity index (χ3n) is 4.14. The average molecular weight is 265 g/mol. The number of hydrogen-bond acceptors (Lipinski definition) is 3. The zero-order valence-electron chi connectivity index (χ0n) is 12.1. The van der Waals surface area contributed by atoms with E-state index in [2.05, 4.69) is 29.2 Å². The van der Waals surface area contributed by atoms with Gasteiger partial charge in [-0.3, -0.25) is 0 Å². The Balaban J connectivity index is 2.15. The van der Waals surface area contributed by atoms with Gasteiger partial charge in [-0.25, -0.2) is 9.37 Å². The minimum atomic E-state index is -0.264. The molecule has 1 saturated carbocycles. The molecule has 0 amide bonds. The fourth-order valence-corrected chi connectivity index (χ4v) is 2.91. The van der Waals surface area contributed by atoms with E-state index in [1.54, 1.807) is 6.07 Å². The molecule has 1 aromatic rings. The van der Waals surface area contributed by atoms with Gasteiger partial charge in [-0.1, -0.05) is 6.92 Å². The summed E-state index contributed by atoms with van der Waals surface area (Å²) in [5.41, 5.74) is 0.934. The van der Waals surface area contributed by atoms with Crippen molar-refractivity contribution in [3.63, 3.8) is 0 Å². The van der Waals surface area contributed by atoms with Crippen LogP contribution in [-0.2, 0) is 6.54 Å². The van der Waals surface area contributed by atoms with Crippen LogP contribution in [0.1, 0.15) is 38.2 Å². The third-order valence-corrected chi connectivity index (χ3v) is 4.14. The van der Waals surface area contributed by atoms with Crippen LogP contribution in [0.5, 0.6) is 0 Å². The first kappa shape index (κ1) is 14.3. The molecule has 0 aromatic carbocycles. The lowest BCUT2D eigenvalue weighted by Gasteiger charge is -2.35. The first-order valence-electron chi connectivity index (χ1n) is 7.13. The maximum atomic E-state index is 13.3. The molecule has 106 valence electrons. The van der Waals surface area contributed by atoms with Crippen molar-refractivity contribution in [3.05, 3.63) is 23.6 Å². The Morgan fingerprint density at radius 3 is 2.68 bits per heavy atom. The van der Waals surface area contributed by atoms with E-state index in [1.807, 2.05) is 7.05 Å². The monoisotopic (exact) mass is 265 g/mol. The van der Waals surface area contributed by atoms with Gasteiger partial charge in [-0.05, 0) is 44.7 Å². The summed E-state index contributed by atoms with van der Waals surface area (Å²) in [6.45, 7) is 2.96. The van der Waals surface area contributed by atoms with Crippen LogP contribution in [0.25, 0.3) is 0 Å². The summed E-state index contributed by atoms with van der Waals surface area (Å²) in [6, 6.07) is 2.12. The Kier molecular flexibility index (Phi) is 4.75. The fraction of sp³-hybridized carbons (Fsp3) is 0.667. The maximum Gasteiger partial charge on any atom is 0.141 e. The van der Waals surface area contributed by atoms with E-state index in [1.165, 1.54) is 31.9 Å². The van der Waals surface area contributed by atoms with Gasteiger partial charge in [0.15, 0.2) is 0 Å². The van der Waals surface area contributed by atoms with Gasteiger partial charge in [0, 0.05) is 25.2 Å². The second-order valence-electron chi connectivity index (χ2n) is 5.69. The summed E-state index contributed by atoms with van der Waals surface area (Å²) in [4.78, 5) is 6.54. The van der Waals surface area contributed by atoms with Crippen molar-refractivity contribution < 1.29 is 4.39 Å². The van der Waals surface area contributed by atoms with Crippen molar-refractivity contribution in [2.75, 3.05) is 19.0 Å². The highest BCUT2D eigenvalue weighted by Gasteiger charge is 2.24. The topological polar surface area (TPSA) is 28.2 Å². The smallest absolute Gasteiger partial charge is 0.141 e. The van der Waals surface area contributed by atoms with Gasteiger partial charge in [0.25, 0.3) is 0 Å². The normalized spacial score (nSPS) is 23.4. The minimum Gasteiger partial charge on any atom is -0.356 e. The predicted molar refractivity (Wildman–Crippen MR) is 76.8 cm³/mol. The molecule has 0 spiro atoms. The highest BCUT2D eigenvalue weighted by atomic mass is 19.1. The summed E-state index contributed by atoms with van der Waals surface area (Å²) in [5, 5.41) is 3.08. The summed E-state index contributed by atoms with van der Waals surface area (Å²) < 4.78 is 13.3. The Labute approximate surface area is 115 Å². The van der Waals surface area contributed by atoms with Crippen LogP contribution in [-0.4, -0.2) is 25.1 Å². The third kappa shape index (κ3) is 3.44. The van der Waals surface area contributed by atoms with Crippen LogP contribution in [0.2, 0.25) is 0 Å². The second kappa shape index (κ2) is 6.33. The summed E-state index contributed by atoms with van der Waals surface area (Å²) in [5.74, 6) is 1.48. The number of nitrogens with one attached hydrogen (secondary N) is 1. The highest BCUT2D eigenvalue weighted by molar-refractivity contribution is 5.47. The Hall–Kier alpha value is -1.16. The van der Waals surface area contributed by atoms with Gasteiger partial charge in [-0.2, -0.15) is 0 Å². The standard InChI is InChI=1S/C15H24FN3/c1-11-4-6-14(7-5-11)19(3)15-12(9-17-2)8-13(16)10-18-15/h8,10-11,14,17H,4-7,9H2,1-3H3. The number of aromatic nitrogens is 1. The van der Waals surface area contributed by atoms with Gasteiger partial charge >= 0.3 is 0 Å². The van der Waals surface area contributed by atoms with E-state index in [4.69, 9.17) is 0 Å². The minimum absolute atomic E-state index is 0.264. The van der Waals surface area contributed by atoms with E-state index < -0.39 is 0 Å². The Morgan fingerprint density at radius 1 is 1.37 bits per heavy atom. The van der Waals surface area contributed by atoms with E-state index in [9.17, 15) is 4.39 Å². The van der Waals surface area contributed by atoms with Crippen molar-refractivity contribution >= 4 is 5.82 Å².